The summed E-state index contributed by atoms with van der Waals surface area (Å²) in [6, 6.07) is 7.46. The first-order valence-electron chi connectivity index (χ1n) is 5.90. The van der Waals surface area contributed by atoms with Crippen LogP contribution in [0.1, 0.15) is 25.5 Å². The number of aliphatic hydroxyl groups excluding tert-OH is 1. The molecule has 0 spiro atoms. The molecule has 1 saturated heterocycles. The van der Waals surface area contributed by atoms with E-state index in [4.69, 9.17) is 16.3 Å². The van der Waals surface area contributed by atoms with Crippen molar-refractivity contribution in [3.05, 3.63) is 34.9 Å². The molecule has 1 aromatic carbocycles. The van der Waals surface area contributed by atoms with Crippen molar-refractivity contribution in [3.63, 3.8) is 0 Å². The Morgan fingerprint density at radius 3 is 2.88 bits per heavy atom. The number of hydrogen-bond acceptors (Lipinski definition) is 3. The fraction of sp³-hybridized carbons (Fsp3) is 0.538. The highest BCUT2D eigenvalue weighted by Gasteiger charge is 2.36. The van der Waals surface area contributed by atoms with E-state index in [0.717, 1.165) is 5.56 Å². The van der Waals surface area contributed by atoms with Crippen LogP contribution in [0.4, 0.5) is 0 Å². The highest BCUT2D eigenvalue weighted by Crippen LogP contribution is 2.27. The zero-order chi connectivity index (χ0) is 12.4. The standard InChI is InChI=1S/C13H18ClNO2/c1-8(2)17-11-7-15-12(13(11)16)9-4-3-5-10(14)6-9/h3-6,8,11-13,15-16H,7H2,1-2H3/t11-,12?,13-/m0/s1. The number of ether oxygens (including phenoxy) is 1. The molecule has 1 aromatic rings. The molecule has 3 atom stereocenters. The Bertz CT molecular complexity index is 383. The summed E-state index contributed by atoms with van der Waals surface area (Å²) in [7, 11) is 0. The number of halogens is 1. The fourth-order valence-corrected chi connectivity index (χ4v) is 2.39. The smallest absolute Gasteiger partial charge is 0.101 e. The average Bonchev–Trinajstić information content (AvgIpc) is 2.60. The molecule has 1 unspecified atom stereocenters. The number of nitrogens with one attached hydrogen (secondary N) is 1. The van der Waals surface area contributed by atoms with Gasteiger partial charge in [-0.3, -0.25) is 0 Å². The summed E-state index contributed by atoms with van der Waals surface area (Å²) < 4.78 is 5.66. The molecule has 0 amide bonds. The normalized spacial score (nSPS) is 28.9. The van der Waals surface area contributed by atoms with Crippen LogP contribution >= 0.6 is 11.6 Å². The van der Waals surface area contributed by atoms with Crippen LogP contribution < -0.4 is 5.32 Å². The number of rotatable bonds is 3. The Morgan fingerprint density at radius 2 is 2.24 bits per heavy atom. The molecule has 2 rings (SSSR count). The lowest BCUT2D eigenvalue weighted by Crippen LogP contribution is -2.30. The molecule has 0 aromatic heterocycles. The second kappa shape index (κ2) is 5.36. The van der Waals surface area contributed by atoms with E-state index in [1.54, 1.807) is 0 Å². The van der Waals surface area contributed by atoms with E-state index in [9.17, 15) is 5.11 Å². The first-order valence-corrected chi connectivity index (χ1v) is 6.28. The molecule has 94 valence electrons. The van der Waals surface area contributed by atoms with Crippen molar-refractivity contribution in [1.29, 1.82) is 0 Å². The van der Waals surface area contributed by atoms with Gasteiger partial charge in [0.15, 0.2) is 0 Å². The Hall–Kier alpha value is -0.610. The summed E-state index contributed by atoms with van der Waals surface area (Å²) in [5.74, 6) is 0. The van der Waals surface area contributed by atoms with Crippen molar-refractivity contribution >= 4 is 11.6 Å². The van der Waals surface area contributed by atoms with E-state index < -0.39 is 6.10 Å². The van der Waals surface area contributed by atoms with Crippen molar-refractivity contribution < 1.29 is 9.84 Å². The Kier molecular flexibility index (Phi) is 4.05. The van der Waals surface area contributed by atoms with Gasteiger partial charge in [0.05, 0.1) is 18.2 Å². The predicted molar refractivity (Wildman–Crippen MR) is 68.2 cm³/mol. The van der Waals surface area contributed by atoms with Gasteiger partial charge in [0.25, 0.3) is 0 Å². The third kappa shape index (κ3) is 2.99. The van der Waals surface area contributed by atoms with Crippen LogP contribution in [-0.2, 0) is 4.74 Å². The molecule has 3 nitrogen and oxygen atoms in total. The van der Waals surface area contributed by atoms with Gasteiger partial charge >= 0.3 is 0 Å². The van der Waals surface area contributed by atoms with Gasteiger partial charge in [-0.05, 0) is 31.5 Å². The van der Waals surface area contributed by atoms with Crippen LogP contribution in [0.15, 0.2) is 24.3 Å². The third-order valence-electron chi connectivity index (χ3n) is 2.92. The first kappa shape index (κ1) is 12.8. The number of aliphatic hydroxyl groups is 1. The van der Waals surface area contributed by atoms with Gasteiger partial charge in [-0.1, -0.05) is 23.7 Å². The summed E-state index contributed by atoms with van der Waals surface area (Å²) in [5, 5.41) is 14.2. The second-order valence-corrected chi connectivity index (χ2v) is 5.09. The average molecular weight is 256 g/mol. The molecule has 0 saturated carbocycles. The van der Waals surface area contributed by atoms with Crippen molar-refractivity contribution in [2.24, 2.45) is 0 Å². The summed E-state index contributed by atoms with van der Waals surface area (Å²) in [6.45, 7) is 4.61. The minimum absolute atomic E-state index is 0.0996. The first-order chi connectivity index (χ1) is 8.08. The van der Waals surface area contributed by atoms with Gasteiger partial charge in [-0.25, -0.2) is 0 Å². The Balaban J connectivity index is 2.09. The molecular weight excluding hydrogens is 238 g/mol. The maximum atomic E-state index is 10.2. The van der Waals surface area contributed by atoms with E-state index in [1.165, 1.54) is 0 Å². The van der Waals surface area contributed by atoms with Crippen LogP contribution in [0.2, 0.25) is 5.02 Å². The van der Waals surface area contributed by atoms with E-state index in [-0.39, 0.29) is 18.2 Å². The van der Waals surface area contributed by atoms with Gasteiger partial charge < -0.3 is 15.2 Å². The molecule has 1 heterocycles. The maximum Gasteiger partial charge on any atom is 0.101 e. The lowest BCUT2D eigenvalue weighted by molar-refractivity contribution is -0.0463. The quantitative estimate of drug-likeness (QED) is 0.870. The summed E-state index contributed by atoms with van der Waals surface area (Å²) in [5.41, 5.74) is 1.000. The number of hydrogen-bond donors (Lipinski definition) is 2. The van der Waals surface area contributed by atoms with Crippen LogP contribution in [0, 0.1) is 0 Å². The van der Waals surface area contributed by atoms with Gasteiger partial charge in [0.2, 0.25) is 0 Å². The van der Waals surface area contributed by atoms with Gasteiger partial charge in [0, 0.05) is 11.6 Å². The van der Waals surface area contributed by atoms with Crippen LogP contribution in [-0.4, -0.2) is 30.0 Å². The lowest BCUT2D eigenvalue weighted by Gasteiger charge is -2.21. The SMILES string of the molecule is CC(C)O[C@H]1CNC(c2cccc(Cl)c2)[C@H]1O. The zero-order valence-corrected chi connectivity index (χ0v) is 10.8. The van der Waals surface area contributed by atoms with Gasteiger partial charge in [-0.15, -0.1) is 0 Å². The Morgan fingerprint density at radius 1 is 1.47 bits per heavy atom. The van der Waals surface area contributed by atoms with Crippen molar-refractivity contribution in [1.82, 2.24) is 5.32 Å². The number of benzene rings is 1. The van der Waals surface area contributed by atoms with Crippen LogP contribution in [0.5, 0.6) is 0 Å². The molecular formula is C13H18ClNO2. The Labute approximate surface area is 107 Å². The van der Waals surface area contributed by atoms with Crippen molar-refractivity contribution in [3.8, 4) is 0 Å². The van der Waals surface area contributed by atoms with Crippen molar-refractivity contribution in [2.45, 2.75) is 38.2 Å². The van der Waals surface area contributed by atoms with Crippen molar-refractivity contribution in [2.75, 3.05) is 6.54 Å². The molecule has 2 N–H and O–H groups in total. The summed E-state index contributed by atoms with van der Waals surface area (Å²) in [6.07, 6.45) is -0.565. The highest BCUT2D eigenvalue weighted by molar-refractivity contribution is 6.30. The maximum absolute atomic E-state index is 10.2. The lowest BCUT2D eigenvalue weighted by atomic mass is 10.0. The highest BCUT2D eigenvalue weighted by atomic mass is 35.5. The molecule has 4 heteroatoms. The molecule has 17 heavy (non-hydrogen) atoms. The molecule has 0 aliphatic carbocycles. The summed E-state index contributed by atoms with van der Waals surface area (Å²) >= 11 is 5.95. The minimum Gasteiger partial charge on any atom is -0.388 e. The second-order valence-electron chi connectivity index (χ2n) is 4.65. The zero-order valence-electron chi connectivity index (χ0n) is 10.1. The van der Waals surface area contributed by atoms with Gasteiger partial charge in [-0.2, -0.15) is 0 Å². The monoisotopic (exact) mass is 255 g/mol. The molecule has 1 aliphatic rings. The molecule has 0 radical (unpaired) electrons. The van der Waals surface area contributed by atoms with E-state index in [2.05, 4.69) is 5.32 Å². The predicted octanol–water partition coefficient (Wildman–Crippen LogP) is 2.14. The molecule has 1 fully saturated rings. The third-order valence-corrected chi connectivity index (χ3v) is 3.15. The topological polar surface area (TPSA) is 41.5 Å². The minimum atomic E-state index is -0.532. The molecule has 1 aliphatic heterocycles. The van der Waals surface area contributed by atoms with Gasteiger partial charge in [0.1, 0.15) is 6.10 Å². The summed E-state index contributed by atoms with van der Waals surface area (Å²) in [4.78, 5) is 0. The fourth-order valence-electron chi connectivity index (χ4n) is 2.19. The largest absolute Gasteiger partial charge is 0.388 e. The van der Waals surface area contributed by atoms with E-state index in [0.29, 0.717) is 11.6 Å². The van der Waals surface area contributed by atoms with E-state index in [1.807, 2.05) is 38.1 Å². The van der Waals surface area contributed by atoms with Crippen LogP contribution in [0.25, 0.3) is 0 Å². The molecule has 0 bridgehead atoms. The van der Waals surface area contributed by atoms with Crippen LogP contribution in [0.3, 0.4) is 0 Å². The van der Waals surface area contributed by atoms with E-state index >= 15 is 0 Å².